The van der Waals surface area contributed by atoms with E-state index in [9.17, 15) is 24.0 Å². The molecule has 1 saturated heterocycles. The van der Waals surface area contributed by atoms with Gasteiger partial charge in [0.1, 0.15) is 6.61 Å². The van der Waals surface area contributed by atoms with Crippen LogP contribution in [0, 0.1) is 0 Å². The SMILES string of the molecule is C1CCC(NC2CCCCC2)CC1.CCCc1ccc(CO)cc1.CCCc1ccc(COC(=O)OC2C(=O)CCC2=O)cc1.O=C(Cl)Cl.O=C1CCC(=O)N1O. The first-order valence-corrected chi connectivity index (χ1v) is 20.9. The maximum absolute atomic E-state index is 11.5. The molecule has 2 aromatic carbocycles. The number of hydrogen-bond donors (Lipinski definition) is 3. The Bertz CT molecular complexity index is 1470. The van der Waals surface area contributed by atoms with E-state index in [-0.39, 0.29) is 55.5 Å². The number of ether oxygens (including phenoxy) is 2. The number of aryl methyl sites for hydroxylation is 2. The van der Waals surface area contributed by atoms with E-state index >= 15 is 0 Å². The smallest absolute Gasteiger partial charge is 0.429 e. The normalized spacial score (nSPS) is 17.2. The number of rotatable bonds is 10. The first kappa shape index (κ1) is 49.5. The third-order valence-corrected chi connectivity index (χ3v) is 9.79. The maximum Gasteiger partial charge on any atom is 0.509 e. The number of nitrogens with one attached hydrogen (secondary N) is 1. The van der Waals surface area contributed by atoms with Crippen molar-refractivity contribution in [1.29, 1.82) is 0 Å². The van der Waals surface area contributed by atoms with Crippen LogP contribution < -0.4 is 5.32 Å². The van der Waals surface area contributed by atoms with Gasteiger partial charge in [-0.05, 0) is 84.0 Å². The number of benzene rings is 2. The van der Waals surface area contributed by atoms with Crippen LogP contribution >= 0.6 is 23.2 Å². The lowest BCUT2D eigenvalue weighted by Gasteiger charge is -2.30. The van der Waals surface area contributed by atoms with Gasteiger partial charge in [0.05, 0.1) is 6.61 Å². The predicted octanol–water partition coefficient (Wildman–Crippen LogP) is 9.07. The largest absolute Gasteiger partial charge is 0.509 e. The van der Waals surface area contributed by atoms with Gasteiger partial charge in [0.25, 0.3) is 11.8 Å². The highest BCUT2D eigenvalue weighted by molar-refractivity contribution is 6.93. The van der Waals surface area contributed by atoms with E-state index in [1.165, 1.54) is 81.8 Å². The molecule has 4 fully saturated rings. The Morgan fingerprint density at radius 2 is 1.05 bits per heavy atom. The summed E-state index contributed by atoms with van der Waals surface area (Å²) in [6.45, 7) is 4.48. The molecule has 3 saturated carbocycles. The summed E-state index contributed by atoms with van der Waals surface area (Å²) in [5.74, 6) is -1.73. The van der Waals surface area contributed by atoms with E-state index in [0.717, 1.165) is 42.5 Å². The molecular formula is C43H60Cl2N2O10. The highest BCUT2D eigenvalue weighted by Gasteiger charge is 2.36. The van der Waals surface area contributed by atoms with Crippen LogP contribution in [0.1, 0.15) is 139 Å². The number of aliphatic hydroxyl groups is 1. The topological polar surface area (TPSA) is 177 Å². The first-order valence-electron chi connectivity index (χ1n) is 20.2. The van der Waals surface area contributed by atoms with Crippen LogP contribution in [0.5, 0.6) is 0 Å². The van der Waals surface area contributed by atoms with E-state index in [2.05, 4.69) is 54.5 Å². The number of carbonyl (C=O) groups excluding carboxylic acids is 6. The Kier molecular flexibility index (Phi) is 24.9. The molecule has 0 radical (unpaired) electrons. The van der Waals surface area contributed by atoms with Crippen molar-refractivity contribution in [2.45, 2.75) is 161 Å². The number of aliphatic hydroxyl groups excluding tert-OH is 1. The average Bonchev–Trinajstić information content (AvgIpc) is 3.69. The van der Waals surface area contributed by atoms with Gasteiger partial charge in [0.2, 0.25) is 6.10 Å². The number of imide groups is 1. The van der Waals surface area contributed by atoms with E-state index in [1.807, 2.05) is 36.4 Å². The summed E-state index contributed by atoms with van der Waals surface area (Å²) in [7, 11) is 0. The zero-order chi connectivity index (χ0) is 42.0. The van der Waals surface area contributed by atoms with Crippen LogP contribution in [-0.2, 0) is 54.7 Å². The molecule has 2 amide bonds. The molecule has 0 atom stereocenters. The summed E-state index contributed by atoms with van der Waals surface area (Å²) in [5.41, 5.74) is 4.40. The molecule has 3 N–H and O–H groups in total. The monoisotopic (exact) mass is 834 g/mol. The number of nitrogens with zero attached hydrogens (tertiary/aromatic N) is 1. The fourth-order valence-corrected chi connectivity index (χ4v) is 6.72. The molecule has 0 bridgehead atoms. The number of hydrogen-bond acceptors (Lipinski definition) is 11. The number of halogens is 2. The Labute approximate surface area is 346 Å². The molecule has 14 heteroatoms. The molecular weight excluding hydrogens is 775 g/mol. The quantitative estimate of drug-likeness (QED) is 0.0684. The Hall–Kier alpha value is -3.68. The maximum atomic E-state index is 11.5. The van der Waals surface area contributed by atoms with Crippen LogP contribution in [0.2, 0.25) is 0 Å². The summed E-state index contributed by atoms with van der Waals surface area (Å²) in [4.78, 5) is 63.6. The van der Waals surface area contributed by atoms with Gasteiger partial charge in [-0.1, -0.05) is 114 Å². The van der Waals surface area contributed by atoms with Crippen LogP contribution in [0.15, 0.2) is 48.5 Å². The summed E-state index contributed by atoms with van der Waals surface area (Å²) in [6.07, 6.45) is 17.3. The summed E-state index contributed by atoms with van der Waals surface area (Å²) in [5, 5.41) is 21.2. The summed E-state index contributed by atoms with van der Waals surface area (Å²) >= 11 is 8.80. The zero-order valence-electron chi connectivity index (χ0n) is 33.4. The lowest BCUT2D eigenvalue weighted by molar-refractivity contribution is -0.171. The van der Waals surface area contributed by atoms with Crippen molar-refractivity contribution in [2.75, 3.05) is 0 Å². The summed E-state index contributed by atoms with van der Waals surface area (Å²) < 4.78 is 8.79. The number of amides is 2. The van der Waals surface area contributed by atoms with Gasteiger partial charge in [0.15, 0.2) is 11.6 Å². The van der Waals surface area contributed by atoms with Crippen molar-refractivity contribution in [2.24, 2.45) is 0 Å². The highest BCUT2D eigenvalue weighted by Crippen LogP contribution is 2.23. The molecule has 1 heterocycles. The minimum Gasteiger partial charge on any atom is -0.429 e. The van der Waals surface area contributed by atoms with Crippen molar-refractivity contribution in [3.8, 4) is 0 Å². The number of carbonyl (C=O) groups is 6. The average molecular weight is 836 g/mol. The second-order valence-corrected chi connectivity index (χ2v) is 15.3. The van der Waals surface area contributed by atoms with Crippen LogP contribution in [0.3, 0.4) is 0 Å². The lowest BCUT2D eigenvalue weighted by atomic mass is 9.91. The second-order valence-electron chi connectivity index (χ2n) is 14.4. The van der Waals surface area contributed by atoms with E-state index in [0.29, 0.717) is 0 Å². The molecule has 4 aliphatic rings. The molecule has 1 aliphatic heterocycles. The highest BCUT2D eigenvalue weighted by atomic mass is 35.5. The van der Waals surface area contributed by atoms with Gasteiger partial charge in [-0.25, -0.2) is 4.79 Å². The third-order valence-electron chi connectivity index (χ3n) is 9.79. The third kappa shape index (κ3) is 21.1. The molecule has 12 nitrogen and oxygen atoms in total. The molecule has 0 aromatic heterocycles. The van der Waals surface area contributed by atoms with E-state index in [4.69, 9.17) is 24.6 Å². The minimum absolute atomic E-state index is 0.0559. The molecule has 6 rings (SSSR count). The molecule has 57 heavy (non-hydrogen) atoms. The number of ketones is 2. The van der Waals surface area contributed by atoms with Crippen molar-refractivity contribution >= 4 is 57.4 Å². The number of Topliss-reactive ketones (excluding diaryl/α,β-unsaturated/α-hetero) is 2. The van der Waals surface area contributed by atoms with Gasteiger partial charge >= 0.3 is 10.9 Å². The van der Waals surface area contributed by atoms with Crippen LogP contribution in [0.4, 0.5) is 9.59 Å². The molecule has 0 unspecified atom stereocenters. The predicted molar refractivity (Wildman–Crippen MR) is 218 cm³/mol. The molecule has 0 spiro atoms. The van der Waals surface area contributed by atoms with Gasteiger partial charge in [-0.3, -0.25) is 29.2 Å². The Balaban J connectivity index is 0.000000268. The van der Waals surface area contributed by atoms with Crippen molar-refractivity contribution < 1.29 is 48.6 Å². The van der Waals surface area contributed by atoms with E-state index in [1.54, 1.807) is 0 Å². The molecule has 316 valence electrons. The number of hydroxylamine groups is 2. The molecule has 3 aliphatic carbocycles. The van der Waals surface area contributed by atoms with Gasteiger partial charge < -0.3 is 19.9 Å². The van der Waals surface area contributed by atoms with Crippen molar-refractivity contribution in [3.63, 3.8) is 0 Å². The Morgan fingerprint density at radius 1 is 0.667 bits per heavy atom. The lowest BCUT2D eigenvalue weighted by Crippen LogP contribution is -2.40. The van der Waals surface area contributed by atoms with Gasteiger partial charge in [0, 0.05) is 37.8 Å². The minimum atomic E-state index is -1.27. The fourth-order valence-electron chi connectivity index (χ4n) is 6.72. The van der Waals surface area contributed by atoms with Crippen molar-refractivity contribution in [1.82, 2.24) is 10.4 Å². The second kappa shape index (κ2) is 28.7. The zero-order valence-corrected chi connectivity index (χ0v) is 34.9. The van der Waals surface area contributed by atoms with Crippen molar-refractivity contribution in [3.05, 3.63) is 70.8 Å². The van der Waals surface area contributed by atoms with Gasteiger partial charge in [-0.15, -0.1) is 0 Å². The Morgan fingerprint density at radius 3 is 1.40 bits per heavy atom. The van der Waals surface area contributed by atoms with Gasteiger partial charge in [-0.2, -0.15) is 5.06 Å². The van der Waals surface area contributed by atoms with Crippen LogP contribution in [-0.4, -0.2) is 67.8 Å². The summed E-state index contributed by atoms with van der Waals surface area (Å²) in [6, 6.07) is 17.6. The first-order chi connectivity index (χ1) is 27.4. The van der Waals surface area contributed by atoms with E-state index < -0.39 is 28.8 Å². The molecule has 2 aromatic rings. The van der Waals surface area contributed by atoms with Crippen LogP contribution in [0.25, 0.3) is 0 Å². The fraction of sp³-hybridized carbons (Fsp3) is 0.581. The standard InChI is InChI=1S/C16H18O5.C12H23N.C10H14O.C4H5NO3.CCl2O/c1-2-3-11-4-6-12(7-5-11)10-20-16(19)21-15-13(17)8-9-14(15)18;1-3-7-11(8-4-1)13-12-9-5-2-6-10-12;1-2-3-9-4-6-10(8-11)7-5-9;6-3-1-2-4(7)5(3)8;2-1(3)4/h4-7,15H,2-3,8-10H2,1H3;11-13H,1-10H2;4-7,11H,2-3,8H2,1H3;8H,1-2H2;.